The van der Waals surface area contributed by atoms with Gasteiger partial charge in [-0.05, 0) is 53.8 Å². The van der Waals surface area contributed by atoms with E-state index in [0.29, 0.717) is 5.75 Å². The van der Waals surface area contributed by atoms with Gasteiger partial charge < -0.3 is 14.7 Å². The molecule has 0 fully saturated rings. The van der Waals surface area contributed by atoms with Crippen LogP contribution >= 0.6 is 22.6 Å². The molecular weight excluding hydrogens is 411 g/mol. The molecule has 0 saturated heterocycles. The Bertz CT molecular complexity index is 558. The highest BCUT2D eigenvalue weighted by Gasteiger charge is 2.18. The third-order valence-electron chi connectivity index (χ3n) is 3.09. The van der Waals surface area contributed by atoms with Gasteiger partial charge in [-0.3, -0.25) is 9.69 Å². The van der Waals surface area contributed by atoms with E-state index in [1.54, 1.807) is 21.0 Å². The van der Waals surface area contributed by atoms with Crippen LogP contribution in [-0.4, -0.2) is 60.2 Å². The lowest BCUT2D eigenvalue weighted by Gasteiger charge is -2.25. The topological polar surface area (TPSA) is 70.1 Å². The van der Waals surface area contributed by atoms with Gasteiger partial charge in [0.05, 0.1) is 6.04 Å². The van der Waals surface area contributed by atoms with Crippen molar-refractivity contribution in [2.45, 2.75) is 13.0 Å². The minimum absolute atomic E-state index is 0.131. The van der Waals surface area contributed by atoms with Gasteiger partial charge in [-0.15, -0.1) is 0 Å². The Morgan fingerprint density at radius 3 is 2.43 bits per heavy atom. The summed E-state index contributed by atoms with van der Waals surface area (Å²) in [7, 11) is 3.28. The Labute approximate surface area is 149 Å². The first-order chi connectivity index (χ1) is 10.8. The molecule has 0 bridgehead atoms. The Morgan fingerprint density at radius 2 is 1.91 bits per heavy atom. The van der Waals surface area contributed by atoms with E-state index in [1.165, 1.54) is 22.0 Å². The number of amides is 2. The Hall–Kier alpha value is -1.77. The van der Waals surface area contributed by atoms with Crippen LogP contribution < -0.4 is 4.74 Å². The SMILES string of the molecule is CC(COc1ccc(I)cc1)N(C/C=C/C(=O)N(C)C)C(=O)O. The van der Waals surface area contributed by atoms with E-state index in [2.05, 4.69) is 22.6 Å². The van der Waals surface area contributed by atoms with Crippen molar-refractivity contribution < 1.29 is 19.4 Å². The van der Waals surface area contributed by atoms with Crippen LogP contribution in [0, 0.1) is 3.57 Å². The lowest BCUT2D eigenvalue weighted by molar-refractivity contribution is -0.123. The van der Waals surface area contributed by atoms with E-state index in [1.807, 2.05) is 24.3 Å². The lowest BCUT2D eigenvalue weighted by atomic mass is 10.3. The van der Waals surface area contributed by atoms with Gasteiger partial charge in [0, 0.05) is 30.3 Å². The van der Waals surface area contributed by atoms with Crippen molar-refractivity contribution in [2.75, 3.05) is 27.2 Å². The van der Waals surface area contributed by atoms with E-state index in [4.69, 9.17) is 4.74 Å². The fourth-order valence-corrected chi connectivity index (χ4v) is 2.06. The van der Waals surface area contributed by atoms with Crippen molar-refractivity contribution in [1.29, 1.82) is 0 Å². The van der Waals surface area contributed by atoms with E-state index in [-0.39, 0.29) is 25.1 Å². The second-order valence-electron chi connectivity index (χ2n) is 5.18. The molecule has 1 rings (SSSR count). The highest BCUT2D eigenvalue weighted by atomic mass is 127. The second-order valence-corrected chi connectivity index (χ2v) is 6.43. The number of carboxylic acid groups (broad SMARTS) is 1. The van der Waals surface area contributed by atoms with E-state index in [0.717, 1.165) is 3.57 Å². The van der Waals surface area contributed by atoms with Crippen LogP contribution in [0.25, 0.3) is 0 Å². The standard InChI is InChI=1S/C16H21IN2O4/c1-12(11-23-14-8-6-13(17)7-9-14)19(16(21)22)10-4-5-15(20)18(2)3/h4-9,12H,10-11H2,1-3H3,(H,21,22)/b5-4+. The summed E-state index contributed by atoms with van der Waals surface area (Å²) in [5.41, 5.74) is 0. The van der Waals surface area contributed by atoms with Crippen LogP contribution in [0.4, 0.5) is 4.79 Å². The molecule has 1 atom stereocenters. The van der Waals surface area contributed by atoms with Crippen molar-refractivity contribution in [1.82, 2.24) is 9.80 Å². The van der Waals surface area contributed by atoms with Crippen molar-refractivity contribution in [3.05, 3.63) is 40.0 Å². The summed E-state index contributed by atoms with van der Waals surface area (Å²) < 4.78 is 6.71. The molecule has 6 nitrogen and oxygen atoms in total. The van der Waals surface area contributed by atoms with Gasteiger partial charge in [0.1, 0.15) is 12.4 Å². The quantitative estimate of drug-likeness (QED) is 0.532. The predicted molar refractivity (Wildman–Crippen MR) is 96.7 cm³/mol. The fourth-order valence-electron chi connectivity index (χ4n) is 1.70. The van der Waals surface area contributed by atoms with Crippen LogP contribution in [0.5, 0.6) is 5.75 Å². The van der Waals surface area contributed by atoms with Crippen LogP contribution in [0.3, 0.4) is 0 Å². The van der Waals surface area contributed by atoms with Gasteiger partial charge >= 0.3 is 6.09 Å². The van der Waals surface area contributed by atoms with Crippen molar-refractivity contribution >= 4 is 34.6 Å². The van der Waals surface area contributed by atoms with Crippen LogP contribution in [0.15, 0.2) is 36.4 Å². The zero-order valence-electron chi connectivity index (χ0n) is 13.4. The summed E-state index contributed by atoms with van der Waals surface area (Å²) >= 11 is 2.20. The largest absolute Gasteiger partial charge is 0.491 e. The van der Waals surface area contributed by atoms with Crippen molar-refractivity contribution in [2.24, 2.45) is 0 Å². The number of rotatable bonds is 7. The second kappa shape index (κ2) is 9.39. The van der Waals surface area contributed by atoms with Crippen molar-refractivity contribution in [3.63, 3.8) is 0 Å². The number of benzene rings is 1. The Morgan fingerprint density at radius 1 is 1.30 bits per heavy atom. The maximum atomic E-state index is 11.5. The van der Waals surface area contributed by atoms with E-state index < -0.39 is 6.09 Å². The zero-order valence-corrected chi connectivity index (χ0v) is 15.6. The first-order valence-electron chi connectivity index (χ1n) is 7.07. The monoisotopic (exact) mass is 432 g/mol. The molecule has 0 spiro atoms. The minimum atomic E-state index is -1.05. The van der Waals surface area contributed by atoms with Gasteiger partial charge in [-0.1, -0.05) is 6.08 Å². The summed E-state index contributed by atoms with van der Waals surface area (Å²) in [6.45, 7) is 2.14. The third-order valence-corrected chi connectivity index (χ3v) is 3.81. The molecule has 126 valence electrons. The molecular formula is C16H21IN2O4. The van der Waals surface area contributed by atoms with Gasteiger partial charge in [0.2, 0.25) is 5.91 Å². The number of halogens is 1. The highest BCUT2D eigenvalue weighted by molar-refractivity contribution is 14.1. The first kappa shape index (κ1) is 19.3. The van der Waals surface area contributed by atoms with Crippen LogP contribution in [0.1, 0.15) is 6.92 Å². The van der Waals surface area contributed by atoms with Crippen LogP contribution in [0.2, 0.25) is 0 Å². The summed E-state index contributed by atoms with van der Waals surface area (Å²) in [6, 6.07) is 7.19. The summed E-state index contributed by atoms with van der Waals surface area (Å²) in [5.74, 6) is 0.513. The summed E-state index contributed by atoms with van der Waals surface area (Å²) in [5, 5.41) is 9.29. The zero-order chi connectivity index (χ0) is 17.4. The number of carbonyl (C=O) groups is 2. The fraction of sp³-hybridized carbons (Fsp3) is 0.375. The smallest absolute Gasteiger partial charge is 0.407 e. The maximum Gasteiger partial charge on any atom is 0.407 e. The number of hydrogen-bond donors (Lipinski definition) is 1. The molecule has 0 aliphatic rings. The molecule has 0 aliphatic heterocycles. The average molecular weight is 432 g/mol. The number of ether oxygens (including phenoxy) is 1. The first-order valence-corrected chi connectivity index (χ1v) is 8.15. The van der Waals surface area contributed by atoms with E-state index in [9.17, 15) is 14.7 Å². The molecule has 0 aromatic heterocycles. The third kappa shape index (κ3) is 6.89. The molecule has 0 radical (unpaired) electrons. The maximum absolute atomic E-state index is 11.5. The molecule has 7 heteroatoms. The van der Waals surface area contributed by atoms with Crippen LogP contribution in [-0.2, 0) is 4.79 Å². The number of hydrogen-bond acceptors (Lipinski definition) is 3. The molecule has 0 aliphatic carbocycles. The summed E-state index contributed by atoms with van der Waals surface area (Å²) in [4.78, 5) is 25.4. The number of carbonyl (C=O) groups excluding carboxylic acids is 1. The predicted octanol–water partition coefficient (Wildman–Crippen LogP) is 2.68. The summed E-state index contributed by atoms with van der Waals surface area (Å²) in [6.07, 6.45) is 1.85. The minimum Gasteiger partial charge on any atom is -0.491 e. The normalized spacial score (nSPS) is 12.0. The number of likely N-dealkylation sites (N-methyl/N-ethyl adjacent to an activating group) is 1. The number of nitrogens with zero attached hydrogens (tertiary/aromatic N) is 2. The molecule has 1 aromatic rings. The molecule has 0 saturated carbocycles. The molecule has 23 heavy (non-hydrogen) atoms. The van der Waals surface area contributed by atoms with E-state index >= 15 is 0 Å². The molecule has 1 unspecified atom stereocenters. The Balaban J connectivity index is 2.57. The Kier molecular flexibility index (Phi) is 7.87. The lowest BCUT2D eigenvalue weighted by Crippen LogP contribution is -2.41. The molecule has 2 amide bonds. The molecule has 1 N–H and O–H groups in total. The molecule has 1 aromatic carbocycles. The highest BCUT2D eigenvalue weighted by Crippen LogP contribution is 2.14. The van der Waals surface area contributed by atoms with Crippen molar-refractivity contribution in [3.8, 4) is 5.75 Å². The van der Waals surface area contributed by atoms with Gasteiger partial charge in [0.15, 0.2) is 0 Å². The molecule has 0 heterocycles. The van der Waals surface area contributed by atoms with Gasteiger partial charge in [-0.2, -0.15) is 0 Å². The average Bonchev–Trinajstić information content (AvgIpc) is 2.50. The van der Waals surface area contributed by atoms with Gasteiger partial charge in [-0.25, -0.2) is 4.79 Å². The van der Waals surface area contributed by atoms with Gasteiger partial charge in [0.25, 0.3) is 0 Å².